The molecule has 0 spiro atoms. The Morgan fingerprint density at radius 2 is 2.22 bits per heavy atom. The van der Waals surface area contributed by atoms with Crippen LogP contribution in [0.25, 0.3) is 0 Å². The van der Waals surface area contributed by atoms with Gasteiger partial charge in [-0.3, -0.25) is 9.59 Å². The molecule has 3 nitrogen and oxygen atoms in total. The minimum atomic E-state index is -0.250. The number of benzene rings is 1. The van der Waals surface area contributed by atoms with Crippen molar-refractivity contribution in [3.63, 3.8) is 0 Å². The van der Waals surface area contributed by atoms with Gasteiger partial charge in [-0.15, -0.1) is 0 Å². The van der Waals surface area contributed by atoms with E-state index in [1.165, 1.54) is 7.11 Å². The van der Waals surface area contributed by atoms with Crippen molar-refractivity contribution in [2.24, 2.45) is 5.92 Å². The number of hydrogen-bond donors (Lipinski definition) is 0. The van der Waals surface area contributed by atoms with Gasteiger partial charge in [-0.05, 0) is 25.0 Å². The summed E-state index contributed by atoms with van der Waals surface area (Å²) in [5.74, 6) is 0.307. The second-order valence-corrected chi connectivity index (χ2v) is 4.92. The largest absolute Gasteiger partial charge is 0.496 e. The van der Waals surface area contributed by atoms with Gasteiger partial charge >= 0.3 is 0 Å². The van der Waals surface area contributed by atoms with E-state index in [0.717, 1.165) is 12.8 Å². The molecule has 1 aromatic rings. The van der Waals surface area contributed by atoms with Crippen molar-refractivity contribution in [1.29, 1.82) is 0 Å². The number of ether oxygens (including phenoxy) is 1. The summed E-state index contributed by atoms with van der Waals surface area (Å²) in [6, 6.07) is 5.12. The first-order valence-electron chi connectivity index (χ1n) is 6.02. The Balaban J connectivity index is 2.30. The average molecular weight is 267 g/mol. The number of rotatable bonds is 3. The predicted octanol–water partition coefficient (Wildman–Crippen LogP) is 3.29. The molecule has 1 saturated carbocycles. The van der Waals surface area contributed by atoms with E-state index >= 15 is 0 Å². The zero-order valence-electron chi connectivity index (χ0n) is 10.2. The molecule has 0 aliphatic heterocycles. The topological polar surface area (TPSA) is 43.4 Å². The fourth-order valence-corrected chi connectivity index (χ4v) is 2.63. The van der Waals surface area contributed by atoms with E-state index in [9.17, 15) is 9.59 Å². The van der Waals surface area contributed by atoms with Gasteiger partial charge in [0.1, 0.15) is 11.5 Å². The van der Waals surface area contributed by atoms with E-state index in [-0.39, 0.29) is 17.5 Å². The highest BCUT2D eigenvalue weighted by Crippen LogP contribution is 2.32. The summed E-state index contributed by atoms with van der Waals surface area (Å²) in [5.41, 5.74) is 0.404. The van der Waals surface area contributed by atoms with Crippen molar-refractivity contribution in [1.82, 2.24) is 0 Å². The lowest BCUT2D eigenvalue weighted by molar-refractivity contribution is -0.121. The summed E-state index contributed by atoms with van der Waals surface area (Å²) < 4.78 is 5.17. The van der Waals surface area contributed by atoms with E-state index in [4.69, 9.17) is 16.3 Å². The van der Waals surface area contributed by atoms with E-state index in [2.05, 4.69) is 0 Å². The molecule has 0 N–H and O–H groups in total. The molecule has 2 rings (SSSR count). The summed E-state index contributed by atoms with van der Waals surface area (Å²) in [5, 5.41) is 0.386. The summed E-state index contributed by atoms with van der Waals surface area (Å²) in [6.07, 6.45) is 2.44. The van der Waals surface area contributed by atoms with Crippen LogP contribution < -0.4 is 4.74 Å². The van der Waals surface area contributed by atoms with E-state index in [1.807, 2.05) is 0 Å². The van der Waals surface area contributed by atoms with Gasteiger partial charge in [0, 0.05) is 18.8 Å². The molecule has 1 aliphatic rings. The van der Waals surface area contributed by atoms with Crippen LogP contribution in [0, 0.1) is 5.92 Å². The van der Waals surface area contributed by atoms with Gasteiger partial charge in [0.15, 0.2) is 5.78 Å². The van der Waals surface area contributed by atoms with Crippen molar-refractivity contribution in [2.45, 2.75) is 25.7 Å². The minimum Gasteiger partial charge on any atom is -0.496 e. The Morgan fingerprint density at radius 3 is 2.89 bits per heavy atom. The Labute approximate surface area is 111 Å². The highest BCUT2D eigenvalue weighted by atomic mass is 35.5. The third-order valence-electron chi connectivity index (χ3n) is 3.29. The van der Waals surface area contributed by atoms with Gasteiger partial charge in [-0.25, -0.2) is 0 Å². The number of ketones is 2. The van der Waals surface area contributed by atoms with Gasteiger partial charge < -0.3 is 4.74 Å². The first kappa shape index (κ1) is 13.1. The Morgan fingerprint density at radius 1 is 1.44 bits per heavy atom. The summed E-state index contributed by atoms with van der Waals surface area (Å²) >= 11 is 6.07. The number of Topliss-reactive ketones (excluding diaryl/α,β-unsaturated/α-hetero) is 2. The van der Waals surface area contributed by atoms with Gasteiger partial charge in [-0.1, -0.05) is 17.7 Å². The van der Waals surface area contributed by atoms with Crippen molar-refractivity contribution < 1.29 is 14.3 Å². The lowest BCUT2D eigenvalue weighted by atomic mass is 9.83. The molecule has 1 fully saturated rings. The molecule has 0 aromatic heterocycles. The van der Waals surface area contributed by atoms with Gasteiger partial charge in [0.05, 0.1) is 17.7 Å². The third kappa shape index (κ3) is 2.56. The molecule has 0 bridgehead atoms. The number of carbonyl (C=O) groups excluding carboxylic acids is 2. The number of hydrogen-bond acceptors (Lipinski definition) is 3. The van der Waals surface area contributed by atoms with Gasteiger partial charge in [0.25, 0.3) is 0 Å². The lowest BCUT2D eigenvalue weighted by Gasteiger charge is -2.21. The standard InChI is InChI=1S/C14H15ClO3/c1-18-12-7-3-6-11(15)13(12)14(17)9-4-2-5-10(16)8-9/h3,6-7,9H,2,4-5,8H2,1H3. The predicted molar refractivity (Wildman–Crippen MR) is 69.3 cm³/mol. The average Bonchev–Trinajstić information content (AvgIpc) is 2.37. The fourth-order valence-electron chi connectivity index (χ4n) is 2.37. The fraction of sp³-hybridized carbons (Fsp3) is 0.429. The van der Waals surface area contributed by atoms with Crippen molar-refractivity contribution in [2.75, 3.05) is 7.11 Å². The van der Waals surface area contributed by atoms with Crippen LogP contribution in [0.5, 0.6) is 5.75 Å². The molecule has 18 heavy (non-hydrogen) atoms. The molecular weight excluding hydrogens is 252 g/mol. The zero-order chi connectivity index (χ0) is 13.1. The van der Waals surface area contributed by atoms with Crippen LogP contribution in [0.1, 0.15) is 36.0 Å². The summed E-state index contributed by atoms with van der Waals surface area (Å²) in [7, 11) is 1.51. The maximum atomic E-state index is 12.4. The molecule has 1 unspecified atom stereocenters. The molecule has 1 atom stereocenters. The molecule has 0 saturated heterocycles. The molecule has 0 heterocycles. The van der Waals surface area contributed by atoms with Gasteiger partial charge in [-0.2, -0.15) is 0 Å². The van der Waals surface area contributed by atoms with Crippen LogP contribution in [-0.2, 0) is 4.79 Å². The van der Waals surface area contributed by atoms with Crippen LogP contribution >= 0.6 is 11.6 Å². The van der Waals surface area contributed by atoms with Gasteiger partial charge in [0.2, 0.25) is 0 Å². The van der Waals surface area contributed by atoms with E-state index in [0.29, 0.717) is 29.2 Å². The Hall–Kier alpha value is -1.35. The molecule has 1 aliphatic carbocycles. The van der Waals surface area contributed by atoms with Crippen LogP contribution in [0.2, 0.25) is 5.02 Å². The first-order chi connectivity index (χ1) is 8.63. The molecule has 1 aromatic carbocycles. The van der Waals surface area contributed by atoms with Crippen molar-refractivity contribution in [3.8, 4) is 5.75 Å². The van der Waals surface area contributed by atoms with E-state index in [1.54, 1.807) is 18.2 Å². The van der Waals surface area contributed by atoms with Crippen molar-refractivity contribution in [3.05, 3.63) is 28.8 Å². The molecule has 4 heteroatoms. The highest BCUT2D eigenvalue weighted by Gasteiger charge is 2.29. The SMILES string of the molecule is COc1cccc(Cl)c1C(=O)C1CCCC(=O)C1. The third-order valence-corrected chi connectivity index (χ3v) is 3.61. The van der Waals surface area contributed by atoms with Crippen LogP contribution in [-0.4, -0.2) is 18.7 Å². The number of halogens is 1. The second kappa shape index (κ2) is 5.53. The van der Waals surface area contributed by atoms with Crippen LogP contribution in [0.15, 0.2) is 18.2 Å². The maximum absolute atomic E-state index is 12.4. The molecule has 0 radical (unpaired) electrons. The number of carbonyl (C=O) groups is 2. The smallest absolute Gasteiger partial charge is 0.171 e. The Bertz CT molecular complexity index is 482. The zero-order valence-corrected chi connectivity index (χ0v) is 11.0. The molecule has 96 valence electrons. The number of methoxy groups -OCH3 is 1. The monoisotopic (exact) mass is 266 g/mol. The Kier molecular flexibility index (Phi) is 4.02. The van der Waals surface area contributed by atoms with Crippen LogP contribution in [0.3, 0.4) is 0 Å². The van der Waals surface area contributed by atoms with Crippen LogP contribution in [0.4, 0.5) is 0 Å². The second-order valence-electron chi connectivity index (χ2n) is 4.51. The normalized spacial score (nSPS) is 19.7. The molecule has 0 amide bonds. The van der Waals surface area contributed by atoms with Crippen molar-refractivity contribution >= 4 is 23.2 Å². The summed E-state index contributed by atoms with van der Waals surface area (Å²) in [4.78, 5) is 23.9. The lowest BCUT2D eigenvalue weighted by Crippen LogP contribution is -2.23. The highest BCUT2D eigenvalue weighted by molar-refractivity contribution is 6.34. The molecular formula is C14H15ClO3. The maximum Gasteiger partial charge on any atom is 0.171 e. The summed E-state index contributed by atoms with van der Waals surface area (Å²) in [6.45, 7) is 0. The quantitative estimate of drug-likeness (QED) is 0.789. The minimum absolute atomic E-state index is 0.0782. The van der Waals surface area contributed by atoms with E-state index < -0.39 is 0 Å². The first-order valence-corrected chi connectivity index (χ1v) is 6.39.